The fourth-order valence-electron chi connectivity index (χ4n) is 2.15. The van der Waals surface area contributed by atoms with Crippen molar-refractivity contribution in [3.05, 3.63) is 74.1 Å². The number of thiocarbonyl (C=S) groups is 1. The summed E-state index contributed by atoms with van der Waals surface area (Å²) in [6.45, 7) is 0. The first-order chi connectivity index (χ1) is 11.5. The lowest BCUT2D eigenvalue weighted by Gasteiger charge is -2.15. The third-order valence-electron chi connectivity index (χ3n) is 3.29. The highest BCUT2D eigenvalue weighted by molar-refractivity contribution is 8.27. The molecule has 120 valence electrons. The van der Waals surface area contributed by atoms with Crippen LogP contribution in [0.2, 0.25) is 5.02 Å². The van der Waals surface area contributed by atoms with Crippen molar-refractivity contribution in [1.82, 2.24) is 0 Å². The molecule has 1 fully saturated rings. The van der Waals surface area contributed by atoms with Gasteiger partial charge < -0.3 is 0 Å². The maximum atomic E-state index is 12.6. The van der Waals surface area contributed by atoms with E-state index in [4.69, 9.17) is 23.8 Å². The number of thioether (sulfide) groups is 1. The largest absolute Gasteiger partial charge is 0.270 e. The third kappa shape index (κ3) is 3.19. The van der Waals surface area contributed by atoms with Gasteiger partial charge >= 0.3 is 0 Å². The normalized spacial score (nSPS) is 16.0. The molecule has 8 heteroatoms. The second kappa shape index (κ2) is 6.72. The Balaban J connectivity index is 1.91. The van der Waals surface area contributed by atoms with E-state index >= 15 is 0 Å². The van der Waals surface area contributed by atoms with Gasteiger partial charge in [0.2, 0.25) is 0 Å². The number of hydrogen-bond acceptors (Lipinski definition) is 5. The van der Waals surface area contributed by atoms with Crippen LogP contribution in [-0.4, -0.2) is 15.2 Å². The first-order valence-electron chi connectivity index (χ1n) is 6.74. The van der Waals surface area contributed by atoms with Crippen molar-refractivity contribution in [3.63, 3.8) is 0 Å². The number of rotatable bonds is 3. The van der Waals surface area contributed by atoms with Crippen LogP contribution in [0.15, 0.2) is 53.4 Å². The fourth-order valence-corrected chi connectivity index (χ4v) is 3.66. The van der Waals surface area contributed by atoms with E-state index in [9.17, 15) is 14.9 Å². The predicted octanol–water partition coefficient (Wildman–Crippen LogP) is 4.65. The number of para-hydroxylation sites is 1. The Hall–Kier alpha value is -2.22. The van der Waals surface area contributed by atoms with Crippen molar-refractivity contribution < 1.29 is 9.72 Å². The summed E-state index contributed by atoms with van der Waals surface area (Å²) in [4.78, 5) is 24.7. The first-order valence-corrected chi connectivity index (χ1v) is 8.34. The highest BCUT2D eigenvalue weighted by Crippen LogP contribution is 2.38. The van der Waals surface area contributed by atoms with Crippen LogP contribution in [0, 0.1) is 10.1 Å². The van der Waals surface area contributed by atoms with Gasteiger partial charge in [0.15, 0.2) is 4.32 Å². The van der Waals surface area contributed by atoms with Crippen molar-refractivity contribution in [2.45, 2.75) is 0 Å². The molecule has 2 aromatic carbocycles. The average Bonchev–Trinajstić information content (AvgIpc) is 2.83. The molecule has 5 nitrogen and oxygen atoms in total. The van der Waals surface area contributed by atoms with Crippen molar-refractivity contribution in [2.75, 3.05) is 4.90 Å². The molecule has 0 N–H and O–H groups in total. The highest BCUT2D eigenvalue weighted by Gasteiger charge is 2.34. The van der Waals surface area contributed by atoms with E-state index in [2.05, 4.69) is 0 Å². The third-order valence-corrected chi connectivity index (χ3v) is 4.91. The van der Waals surface area contributed by atoms with Crippen LogP contribution in [0.25, 0.3) is 6.08 Å². The summed E-state index contributed by atoms with van der Waals surface area (Å²) in [5.41, 5.74) is 1.21. The predicted molar refractivity (Wildman–Crippen MR) is 100 cm³/mol. The maximum Gasteiger partial charge on any atom is 0.270 e. The molecule has 0 bridgehead atoms. The zero-order valence-electron chi connectivity index (χ0n) is 12.0. The quantitative estimate of drug-likeness (QED) is 0.337. The van der Waals surface area contributed by atoms with Gasteiger partial charge in [0.05, 0.1) is 20.5 Å². The molecular formula is C16H9ClN2O3S2. The topological polar surface area (TPSA) is 63.4 Å². The minimum atomic E-state index is -0.472. The number of anilines is 1. The molecule has 2 aromatic rings. The molecule has 24 heavy (non-hydrogen) atoms. The number of nitro benzene ring substituents is 1. The number of nitro groups is 1. The molecule has 0 atom stereocenters. The smallest absolute Gasteiger partial charge is 0.268 e. The number of halogens is 1. The summed E-state index contributed by atoms with van der Waals surface area (Å²) >= 11 is 12.6. The Morgan fingerprint density at radius 3 is 2.46 bits per heavy atom. The number of nitrogens with zero attached hydrogens (tertiary/aromatic N) is 2. The second-order valence-electron chi connectivity index (χ2n) is 4.82. The number of carbonyl (C=O) groups excluding carboxylic acids is 1. The first kappa shape index (κ1) is 16.6. The van der Waals surface area contributed by atoms with Crippen LogP contribution >= 0.6 is 35.6 Å². The molecular weight excluding hydrogens is 368 g/mol. The van der Waals surface area contributed by atoms with Gasteiger partial charge in [0, 0.05) is 12.1 Å². The molecule has 1 amide bonds. The van der Waals surface area contributed by atoms with Gasteiger partial charge in [0.1, 0.15) is 0 Å². The van der Waals surface area contributed by atoms with Crippen molar-refractivity contribution in [1.29, 1.82) is 0 Å². The molecule has 0 radical (unpaired) electrons. The molecule has 3 rings (SSSR count). The number of hydrogen-bond donors (Lipinski definition) is 0. The second-order valence-corrected chi connectivity index (χ2v) is 6.90. The van der Waals surface area contributed by atoms with Gasteiger partial charge in [-0.15, -0.1) is 0 Å². The van der Waals surface area contributed by atoms with E-state index < -0.39 is 4.92 Å². The Morgan fingerprint density at radius 2 is 1.83 bits per heavy atom. The van der Waals surface area contributed by atoms with Crippen molar-refractivity contribution in [2.24, 2.45) is 0 Å². The SMILES string of the molecule is O=C1/C(=C/c2ccc([N+](=O)[O-])cc2)SC(=S)N1c1ccccc1Cl. The Labute approximate surface area is 152 Å². The van der Waals surface area contributed by atoms with Crippen molar-refractivity contribution in [3.8, 4) is 0 Å². The lowest BCUT2D eigenvalue weighted by atomic mass is 10.2. The van der Waals surface area contributed by atoms with Crippen LogP contribution in [-0.2, 0) is 4.79 Å². The number of carbonyl (C=O) groups is 1. The summed E-state index contributed by atoms with van der Waals surface area (Å²) in [5.74, 6) is -0.267. The fraction of sp³-hybridized carbons (Fsp3) is 0. The van der Waals surface area contributed by atoms with Crippen molar-refractivity contribution >= 4 is 63.3 Å². The van der Waals surface area contributed by atoms with E-state index in [0.717, 1.165) is 0 Å². The summed E-state index contributed by atoms with van der Waals surface area (Å²) in [5, 5.41) is 11.1. The molecule has 1 aliphatic rings. The zero-order valence-corrected chi connectivity index (χ0v) is 14.4. The number of benzene rings is 2. The van der Waals surface area contributed by atoms with Gasteiger partial charge in [-0.25, -0.2) is 0 Å². The monoisotopic (exact) mass is 376 g/mol. The lowest BCUT2D eigenvalue weighted by Crippen LogP contribution is -2.27. The molecule has 1 heterocycles. The molecule has 0 spiro atoms. The minimum absolute atomic E-state index is 0.00392. The number of non-ortho nitro benzene ring substituents is 1. The summed E-state index contributed by atoms with van der Waals surface area (Å²) in [6.07, 6.45) is 1.65. The van der Waals surface area contributed by atoms with Gasteiger partial charge in [-0.3, -0.25) is 19.8 Å². The van der Waals surface area contributed by atoms with E-state index in [1.165, 1.54) is 28.8 Å². The van der Waals surface area contributed by atoms with Crippen LogP contribution in [0.5, 0.6) is 0 Å². The van der Waals surface area contributed by atoms with Crippen LogP contribution in [0.1, 0.15) is 5.56 Å². The molecule has 0 saturated carbocycles. The maximum absolute atomic E-state index is 12.6. The van der Waals surface area contributed by atoms with Gasteiger partial charge in [0.25, 0.3) is 11.6 Å². The standard InChI is InChI=1S/C16H9ClN2O3S2/c17-12-3-1-2-4-13(12)18-15(20)14(24-16(18)23)9-10-5-7-11(8-6-10)19(21)22/h1-9H/b14-9-. The van der Waals surface area contributed by atoms with Crippen LogP contribution in [0.4, 0.5) is 11.4 Å². The molecule has 0 aliphatic carbocycles. The minimum Gasteiger partial charge on any atom is -0.268 e. The van der Waals surface area contributed by atoms with Crippen LogP contribution < -0.4 is 4.90 Å². The van der Waals surface area contributed by atoms with E-state index in [-0.39, 0.29) is 11.6 Å². The average molecular weight is 377 g/mol. The van der Waals surface area contributed by atoms with Crippen LogP contribution in [0.3, 0.4) is 0 Å². The zero-order chi connectivity index (χ0) is 17.3. The van der Waals surface area contributed by atoms with E-state index in [1.807, 2.05) is 0 Å². The lowest BCUT2D eigenvalue weighted by molar-refractivity contribution is -0.384. The van der Waals surface area contributed by atoms with Gasteiger partial charge in [-0.1, -0.05) is 47.7 Å². The van der Waals surface area contributed by atoms with E-state index in [1.54, 1.807) is 42.5 Å². The highest BCUT2D eigenvalue weighted by atomic mass is 35.5. The van der Waals surface area contributed by atoms with E-state index in [0.29, 0.717) is 25.5 Å². The summed E-state index contributed by atoms with van der Waals surface area (Å²) in [7, 11) is 0. The molecule has 0 aromatic heterocycles. The molecule has 0 unspecified atom stereocenters. The molecule has 1 saturated heterocycles. The molecule has 1 aliphatic heterocycles. The summed E-state index contributed by atoms with van der Waals surface area (Å²) in [6, 6.07) is 12.9. The Bertz CT molecular complexity index is 881. The summed E-state index contributed by atoms with van der Waals surface area (Å²) < 4.78 is 0.390. The Morgan fingerprint density at radius 1 is 1.17 bits per heavy atom. The Kier molecular flexibility index (Phi) is 4.66. The van der Waals surface area contributed by atoms with Gasteiger partial charge in [-0.2, -0.15) is 0 Å². The van der Waals surface area contributed by atoms with Gasteiger partial charge in [-0.05, 0) is 35.9 Å². The number of amides is 1.